The number of halogens is 2. The van der Waals surface area contributed by atoms with E-state index in [1.807, 2.05) is 32.3 Å². The molecule has 0 radical (unpaired) electrons. The van der Waals surface area contributed by atoms with Crippen LogP contribution < -0.4 is 5.32 Å². The molecule has 0 aliphatic rings. The van der Waals surface area contributed by atoms with Gasteiger partial charge in [-0.15, -0.1) is 0 Å². The summed E-state index contributed by atoms with van der Waals surface area (Å²) in [6.45, 7) is 1.32. The molecule has 3 nitrogen and oxygen atoms in total. The molecule has 0 fully saturated rings. The Bertz CT molecular complexity index is 742. The third kappa shape index (κ3) is 5.68. The fourth-order valence-electron chi connectivity index (χ4n) is 2.27. The highest BCUT2D eigenvalue weighted by Crippen LogP contribution is 2.21. The molecule has 24 heavy (non-hydrogen) atoms. The number of hydrogen-bond acceptors (Lipinski definition) is 2. The molecule has 1 N–H and O–H groups in total. The predicted octanol–water partition coefficient (Wildman–Crippen LogP) is 4.38. The van der Waals surface area contributed by atoms with Crippen molar-refractivity contribution in [3.8, 4) is 0 Å². The number of rotatable bonds is 6. The van der Waals surface area contributed by atoms with Gasteiger partial charge in [-0.3, -0.25) is 4.79 Å². The van der Waals surface area contributed by atoms with Crippen LogP contribution in [0.5, 0.6) is 0 Å². The van der Waals surface area contributed by atoms with Crippen LogP contribution in [0.2, 0.25) is 10.0 Å². The second-order valence-corrected chi connectivity index (χ2v) is 6.57. The molecule has 0 spiro atoms. The normalized spacial score (nSPS) is 11.2. The quantitative estimate of drug-likeness (QED) is 0.773. The van der Waals surface area contributed by atoms with E-state index in [9.17, 15) is 4.79 Å². The molecule has 2 aromatic rings. The number of nitrogens with one attached hydrogen (secondary N) is 1. The molecular formula is C19H20Cl2N2O. The van der Waals surface area contributed by atoms with Crippen LogP contribution in [0.15, 0.2) is 48.5 Å². The van der Waals surface area contributed by atoms with Crippen molar-refractivity contribution in [3.63, 3.8) is 0 Å². The van der Waals surface area contributed by atoms with Crippen LogP contribution in [0.4, 0.5) is 0 Å². The van der Waals surface area contributed by atoms with Crippen molar-refractivity contribution in [1.29, 1.82) is 0 Å². The van der Waals surface area contributed by atoms with Crippen molar-refractivity contribution in [3.05, 3.63) is 75.3 Å². The zero-order valence-corrected chi connectivity index (χ0v) is 15.2. The number of nitrogens with zero attached hydrogens (tertiary/aromatic N) is 1. The number of carbonyl (C=O) groups excluding carboxylic acids is 1. The van der Waals surface area contributed by atoms with E-state index in [-0.39, 0.29) is 5.91 Å². The number of amides is 1. The Morgan fingerprint density at radius 1 is 1.12 bits per heavy atom. The summed E-state index contributed by atoms with van der Waals surface area (Å²) >= 11 is 11.9. The SMILES string of the molecule is CN(C)Cc1ccccc1CNC(=O)/C=C/c1ccc(Cl)cc1Cl. The Hall–Kier alpha value is -1.81. The summed E-state index contributed by atoms with van der Waals surface area (Å²) in [5, 5.41) is 3.99. The molecule has 0 saturated carbocycles. The lowest BCUT2D eigenvalue weighted by molar-refractivity contribution is -0.116. The number of carbonyl (C=O) groups is 1. The number of hydrogen-bond donors (Lipinski definition) is 1. The van der Waals surface area contributed by atoms with Gasteiger partial charge < -0.3 is 10.2 Å². The molecule has 2 rings (SSSR count). The van der Waals surface area contributed by atoms with Crippen molar-refractivity contribution < 1.29 is 4.79 Å². The number of benzene rings is 2. The first-order chi connectivity index (χ1) is 11.5. The Morgan fingerprint density at radius 3 is 2.50 bits per heavy atom. The van der Waals surface area contributed by atoms with Gasteiger partial charge in [0.2, 0.25) is 5.91 Å². The van der Waals surface area contributed by atoms with Crippen LogP contribution in [-0.4, -0.2) is 24.9 Å². The monoisotopic (exact) mass is 362 g/mol. The van der Waals surface area contributed by atoms with E-state index in [0.717, 1.165) is 17.7 Å². The van der Waals surface area contributed by atoms with Crippen molar-refractivity contribution in [2.75, 3.05) is 14.1 Å². The van der Waals surface area contributed by atoms with Crippen molar-refractivity contribution in [2.45, 2.75) is 13.1 Å². The molecule has 1 amide bonds. The molecule has 0 heterocycles. The molecule has 0 bridgehead atoms. The summed E-state index contributed by atoms with van der Waals surface area (Å²) in [6.07, 6.45) is 3.16. The summed E-state index contributed by atoms with van der Waals surface area (Å²) in [6, 6.07) is 13.3. The van der Waals surface area contributed by atoms with Gasteiger partial charge in [0.15, 0.2) is 0 Å². The largest absolute Gasteiger partial charge is 0.348 e. The maximum absolute atomic E-state index is 12.0. The van der Waals surface area contributed by atoms with Gasteiger partial charge in [-0.2, -0.15) is 0 Å². The molecule has 0 aliphatic heterocycles. The predicted molar refractivity (Wildman–Crippen MR) is 101 cm³/mol. The zero-order valence-electron chi connectivity index (χ0n) is 13.7. The van der Waals surface area contributed by atoms with E-state index in [4.69, 9.17) is 23.2 Å². The molecule has 0 aliphatic carbocycles. The first-order valence-electron chi connectivity index (χ1n) is 7.58. The van der Waals surface area contributed by atoms with E-state index in [2.05, 4.69) is 16.3 Å². The van der Waals surface area contributed by atoms with E-state index in [1.165, 1.54) is 11.6 Å². The molecule has 2 aromatic carbocycles. The van der Waals surface area contributed by atoms with Gasteiger partial charge >= 0.3 is 0 Å². The molecule has 0 saturated heterocycles. The van der Waals surface area contributed by atoms with Gasteiger partial charge in [0.25, 0.3) is 0 Å². The highest BCUT2D eigenvalue weighted by molar-refractivity contribution is 6.35. The minimum absolute atomic E-state index is 0.166. The fourth-order valence-corrected chi connectivity index (χ4v) is 2.74. The molecule has 0 atom stereocenters. The Morgan fingerprint density at radius 2 is 1.83 bits per heavy atom. The average molecular weight is 363 g/mol. The molecule has 0 aromatic heterocycles. The summed E-state index contributed by atoms with van der Waals surface area (Å²) in [7, 11) is 4.04. The Labute approximate surface area is 152 Å². The van der Waals surface area contributed by atoms with Gasteiger partial charge in [0.1, 0.15) is 0 Å². The van der Waals surface area contributed by atoms with Crippen LogP contribution in [0, 0.1) is 0 Å². The van der Waals surface area contributed by atoms with Gasteiger partial charge in [0, 0.05) is 29.2 Å². The Kier molecular flexibility index (Phi) is 6.85. The van der Waals surface area contributed by atoms with Crippen LogP contribution in [0.3, 0.4) is 0 Å². The van der Waals surface area contributed by atoms with E-state index < -0.39 is 0 Å². The highest BCUT2D eigenvalue weighted by Gasteiger charge is 2.04. The maximum atomic E-state index is 12.0. The van der Waals surface area contributed by atoms with Crippen LogP contribution >= 0.6 is 23.2 Å². The molecule has 0 unspecified atom stereocenters. The standard InChI is InChI=1S/C19H20Cl2N2O/c1-23(2)13-16-6-4-3-5-15(16)12-22-19(24)10-8-14-7-9-17(20)11-18(14)21/h3-11H,12-13H2,1-2H3,(H,22,24)/b10-8+. The maximum Gasteiger partial charge on any atom is 0.244 e. The lowest BCUT2D eigenvalue weighted by atomic mass is 10.1. The minimum atomic E-state index is -0.166. The first kappa shape index (κ1) is 18.5. The van der Waals surface area contributed by atoms with Crippen molar-refractivity contribution in [2.24, 2.45) is 0 Å². The third-order valence-electron chi connectivity index (χ3n) is 3.43. The minimum Gasteiger partial charge on any atom is -0.348 e. The van der Waals surface area contributed by atoms with E-state index in [0.29, 0.717) is 16.6 Å². The molecular weight excluding hydrogens is 343 g/mol. The van der Waals surface area contributed by atoms with Crippen LogP contribution in [0.1, 0.15) is 16.7 Å². The van der Waals surface area contributed by atoms with Crippen molar-refractivity contribution in [1.82, 2.24) is 10.2 Å². The lowest BCUT2D eigenvalue weighted by Gasteiger charge is -2.14. The molecule has 5 heteroatoms. The summed E-state index contributed by atoms with van der Waals surface area (Å²) in [5.41, 5.74) is 3.06. The lowest BCUT2D eigenvalue weighted by Crippen LogP contribution is -2.22. The van der Waals surface area contributed by atoms with Gasteiger partial charge in [-0.25, -0.2) is 0 Å². The molecule has 126 valence electrons. The van der Waals surface area contributed by atoms with E-state index in [1.54, 1.807) is 24.3 Å². The summed E-state index contributed by atoms with van der Waals surface area (Å²) in [5.74, 6) is -0.166. The average Bonchev–Trinajstić information content (AvgIpc) is 2.52. The van der Waals surface area contributed by atoms with Gasteiger partial charge in [0.05, 0.1) is 0 Å². The third-order valence-corrected chi connectivity index (χ3v) is 4.00. The van der Waals surface area contributed by atoms with Crippen LogP contribution in [-0.2, 0) is 17.9 Å². The second-order valence-electron chi connectivity index (χ2n) is 5.72. The summed E-state index contributed by atoms with van der Waals surface area (Å²) in [4.78, 5) is 14.1. The fraction of sp³-hybridized carbons (Fsp3) is 0.211. The topological polar surface area (TPSA) is 32.3 Å². The second kappa shape index (κ2) is 8.88. The van der Waals surface area contributed by atoms with Crippen LogP contribution in [0.25, 0.3) is 6.08 Å². The highest BCUT2D eigenvalue weighted by atomic mass is 35.5. The van der Waals surface area contributed by atoms with E-state index >= 15 is 0 Å². The van der Waals surface area contributed by atoms with Crippen molar-refractivity contribution >= 4 is 35.2 Å². The van der Waals surface area contributed by atoms with Gasteiger partial charge in [-0.05, 0) is 49.0 Å². The zero-order chi connectivity index (χ0) is 17.5. The Balaban J connectivity index is 1.97. The summed E-state index contributed by atoms with van der Waals surface area (Å²) < 4.78 is 0. The smallest absolute Gasteiger partial charge is 0.244 e. The first-order valence-corrected chi connectivity index (χ1v) is 8.34. The van der Waals surface area contributed by atoms with Gasteiger partial charge in [-0.1, -0.05) is 53.5 Å².